The first-order chi connectivity index (χ1) is 11.2. The van der Waals surface area contributed by atoms with Gasteiger partial charge in [-0.3, -0.25) is 9.58 Å². The summed E-state index contributed by atoms with van der Waals surface area (Å²) >= 11 is 5.90. The summed E-state index contributed by atoms with van der Waals surface area (Å²) in [5, 5.41) is 33.3. The largest absolute Gasteiger partial charge is 0.480 e. The molecule has 0 unspecified atom stereocenters. The maximum absolute atomic E-state index is 11.9. The lowest BCUT2D eigenvalue weighted by molar-refractivity contribution is -0.147. The highest BCUT2D eigenvalue weighted by molar-refractivity contribution is 6.31. The number of hydrogen-bond donors (Lipinski definition) is 3. The number of halogens is 1. The van der Waals surface area contributed by atoms with Crippen LogP contribution in [0.15, 0.2) is 24.4 Å². The molecule has 1 aromatic carbocycles. The van der Waals surface area contributed by atoms with Crippen molar-refractivity contribution in [1.29, 1.82) is 0 Å². The van der Waals surface area contributed by atoms with Gasteiger partial charge in [-0.15, -0.1) is 0 Å². The molecule has 2 heterocycles. The first-order valence-electron chi connectivity index (χ1n) is 6.86. The zero-order valence-electron chi connectivity index (χ0n) is 12.1. The highest BCUT2D eigenvalue weighted by Gasteiger charge is 2.56. The third kappa shape index (κ3) is 2.33. The fraction of sp³-hybridized carbons (Fsp3) is 0.286. The molecule has 0 saturated carbocycles. The highest BCUT2D eigenvalue weighted by Crippen LogP contribution is 2.35. The Morgan fingerprint density at radius 1 is 1.25 bits per heavy atom. The lowest BCUT2D eigenvalue weighted by Gasteiger charge is -2.24. The van der Waals surface area contributed by atoms with Gasteiger partial charge in [0.1, 0.15) is 6.04 Å². The van der Waals surface area contributed by atoms with Gasteiger partial charge in [-0.05, 0) is 18.2 Å². The smallest absolute Gasteiger partial charge is 0.408 e. The molecule has 10 heteroatoms. The van der Waals surface area contributed by atoms with Gasteiger partial charge in [-0.1, -0.05) is 11.6 Å². The van der Waals surface area contributed by atoms with Crippen LogP contribution in [-0.4, -0.2) is 60.6 Å². The van der Waals surface area contributed by atoms with E-state index in [0.29, 0.717) is 20.8 Å². The summed E-state index contributed by atoms with van der Waals surface area (Å²) in [6.45, 7) is -0.518. The summed E-state index contributed by atoms with van der Waals surface area (Å²) in [7, 11) is 0. The van der Waals surface area contributed by atoms with E-state index in [2.05, 4.69) is 5.10 Å². The monoisotopic (exact) mass is 353 g/mol. The maximum Gasteiger partial charge on any atom is 0.408 e. The minimum absolute atomic E-state index is 0.425. The number of benzene rings is 1. The van der Waals surface area contributed by atoms with E-state index < -0.39 is 42.6 Å². The topological polar surface area (TPSA) is 133 Å². The molecule has 2 atom stereocenters. The van der Waals surface area contributed by atoms with Gasteiger partial charge in [0.05, 0.1) is 12.1 Å². The molecule has 1 aromatic heterocycles. The van der Waals surface area contributed by atoms with Gasteiger partial charge >= 0.3 is 18.0 Å². The molecule has 1 aliphatic rings. The second kappa shape index (κ2) is 5.38. The van der Waals surface area contributed by atoms with Crippen LogP contribution in [0.25, 0.3) is 10.9 Å². The summed E-state index contributed by atoms with van der Waals surface area (Å²) in [5.74, 6) is -2.75. The predicted molar refractivity (Wildman–Crippen MR) is 81.1 cm³/mol. The summed E-state index contributed by atoms with van der Waals surface area (Å²) in [6, 6.07) is 3.32. The molecule has 2 aromatic rings. The van der Waals surface area contributed by atoms with Crippen molar-refractivity contribution < 1.29 is 29.7 Å². The van der Waals surface area contributed by atoms with Crippen LogP contribution in [0.5, 0.6) is 0 Å². The fourth-order valence-electron chi connectivity index (χ4n) is 2.94. The van der Waals surface area contributed by atoms with E-state index in [4.69, 9.17) is 11.6 Å². The molecule has 0 radical (unpaired) electrons. The van der Waals surface area contributed by atoms with Crippen molar-refractivity contribution in [2.45, 2.75) is 18.0 Å². The van der Waals surface area contributed by atoms with Gasteiger partial charge < -0.3 is 15.3 Å². The summed E-state index contributed by atoms with van der Waals surface area (Å²) in [5.41, 5.74) is -1.33. The van der Waals surface area contributed by atoms with Crippen molar-refractivity contribution in [2.24, 2.45) is 0 Å². The molecular formula is C14H12ClN3O6. The first-order valence-corrected chi connectivity index (χ1v) is 7.23. The van der Waals surface area contributed by atoms with Crippen LogP contribution in [0.3, 0.4) is 0 Å². The fourth-order valence-corrected chi connectivity index (χ4v) is 3.12. The Labute approximate surface area is 139 Å². The second-order valence-electron chi connectivity index (χ2n) is 5.58. The SMILES string of the molecule is O=C(O)[C@@H]1C[C@@](C(=O)O)(n2cc3cc(Cl)ccc3n2)CN1C(=O)O. The molecule has 3 rings (SSSR count). The number of carboxylic acid groups (broad SMARTS) is 3. The molecule has 126 valence electrons. The van der Waals surface area contributed by atoms with E-state index in [0.717, 1.165) is 4.68 Å². The standard InChI is InChI=1S/C14H12ClN3O6/c15-8-1-2-9-7(3-8)5-18(16-9)14(12(21)22)4-10(11(19)20)17(6-14)13(23)24/h1-3,5,10H,4,6H2,(H,19,20)(H,21,22)(H,23,24)/t10-,14+/m0/s1. The van der Waals surface area contributed by atoms with Gasteiger partial charge in [0.15, 0.2) is 5.54 Å². The van der Waals surface area contributed by atoms with Gasteiger partial charge in [0.25, 0.3) is 0 Å². The number of nitrogens with zero attached hydrogens (tertiary/aromatic N) is 3. The zero-order valence-corrected chi connectivity index (χ0v) is 12.8. The van der Waals surface area contributed by atoms with Crippen LogP contribution in [-0.2, 0) is 15.1 Å². The molecular weight excluding hydrogens is 342 g/mol. The van der Waals surface area contributed by atoms with Crippen molar-refractivity contribution in [3.63, 3.8) is 0 Å². The number of carbonyl (C=O) groups is 3. The second-order valence-corrected chi connectivity index (χ2v) is 6.02. The minimum Gasteiger partial charge on any atom is -0.480 e. The number of aliphatic carboxylic acids is 2. The van der Waals surface area contributed by atoms with Gasteiger partial charge in [0.2, 0.25) is 0 Å². The molecule has 0 bridgehead atoms. The number of aromatic nitrogens is 2. The average Bonchev–Trinajstić information content (AvgIpc) is 3.08. The molecule has 0 aliphatic carbocycles. The Bertz CT molecular complexity index is 841. The summed E-state index contributed by atoms with van der Waals surface area (Å²) in [6.07, 6.45) is -0.490. The third-order valence-electron chi connectivity index (χ3n) is 4.17. The van der Waals surface area contributed by atoms with E-state index >= 15 is 0 Å². The molecule has 1 aliphatic heterocycles. The zero-order chi connectivity index (χ0) is 17.6. The summed E-state index contributed by atoms with van der Waals surface area (Å²) < 4.78 is 1.12. The predicted octanol–water partition coefficient (Wildman–Crippen LogP) is 1.31. The van der Waals surface area contributed by atoms with Crippen molar-refractivity contribution in [2.75, 3.05) is 6.54 Å². The molecule has 3 N–H and O–H groups in total. The lowest BCUT2D eigenvalue weighted by atomic mass is 9.96. The quantitative estimate of drug-likeness (QED) is 0.757. The number of amides is 1. The average molecular weight is 354 g/mol. The van der Waals surface area contributed by atoms with E-state index in [1.807, 2.05) is 0 Å². The van der Waals surface area contributed by atoms with Crippen LogP contribution in [0.2, 0.25) is 5.02 Å². The van der Waals surface area contributed by atoms with E-state index in [9.17, 15) is 29.7 Å². The van der Waals surface area contributed by atoms with Crippen molar-refractivity contribution >= 4 is 40.5 Å². The van der Waals surface area contributed by atoms with E-state index in [-0.39, 0.29) is 0 Å². The Morgan fingerprint density at radius 2 is 1.96 bits per heavy atom. The molecule has 24 heavy (non-hydrogen) atoms. The molecule has 1 amide bonds. The number of carboxylic acids is 2. The number of rotatable bonds is 3. The normalized spacial score (nSPS) is 23.5. The van der Waals surface area contributed by atoms with Crippen LogP contribution in [0.1, 0.15) is 6.42 Å². The van der Waals surface area contributed by atoms with Crippen LogP contribution in [0.4, 0.5) is 4.79 Å². The van der Waals surface area contributed by atoms with Crippen molar-refractivity contribution in [1.82, 2.24) is 14.7 Å². The van der Waals surface area contributed by atoms with Crippen molar-refractivity contribution in [3.05, 3.63) is 29.4 Å². The van der Waals surface area contributed by atoms with Crippen LogP contribution >= 0.6 is 11.6 Å². The Balaban J connectivity index is 2.13. The van der Waals surface area contributed by atoms with Crippen LogP contribution < -0.4 is 0 Å². The molecule has 1 fully saturated rings. The number of hydrogen-bond acceptors (Lipinski definition) is 4. The third-order valence-corrected chi connectivity index (χ3v) is 4.41. The molecule has 9 nitrogen and oxygen atoms in total. The first kappa shape index (κ1) is 16.1. The van der Waals surface area contributed by atoms with Crippen molar-refractivity contribution in [3.8, 4) is 0 Å². The minimum atomic E-state index is -1.80. The number of fused-ring (bicyclic) bond motifs is 1. The van der Waals surface area contributed by atoms with Crippen LogP contribution in [0, 0.1) is 0 Å². The maximum atomic E-state index is 11.9. The molecule has 0 spiro atoms. The summed E-state index contributed by atoms with van der Waals surface area (Å²) in [4.78, 5) is 35.1. The van der Waals surface area contributed by atoms with Gasteiger partial charge in [0, 0.05) is 23.0 Å². The Morgan fingerprint density at radius 3 is 2.50 bits per heavy atom. The molecule has 1 saturated heterocycles. The van der Waals surface area contributed by atoms with E-state index in [1.54, 1.807) is 18.2 Å². The Kier molecular flexibility index (Phi) is 3.60. The van der Waals surface area contributed by atoms with Gasteiger partial charge in [-0.2, -0.15) is 5.10 Å². The number of likely N-dealkylation sites (tertiary alicyclic amines) is 1. The lowest BCUT2D eigenvalue weighted by Crippen LogP contribution is -2.45. The van der Waals surface area contributed by atoms with E-state index in [1.165, 1.54) is 6.20 Å². The van der Waals surface area contributed by atoms with Gasteiger partial charge in [-0.25, -0.2) is 14.4 Å². The Hall–Kier alpha value is -2.81. The highest BCUT2D eigenvalue weighted by atomic mass is 35.5.